The van der Waals surface area contributed by atoms with Crippen molar-refractivity contribution in [2.24, 2.45) is 5.92 Å². The molecule has 21 heavy (non-hydrogen) atoms. The Kier molecular flexibility index (Phi) is 3.66. The number of benzene rings is 1. The summed E-state index contributed by atoms with van der Waals surface area (Å²) in [6.45, 7) is 3.44. The van der Waals surface area contributed by atoms with E-state index in [0.717, 1.165) is 30.3 Å². The quantitative estimate of drug-likeness (QED) is 0.864. The highest BCUT2D eigenvalue weighted by molar-refractivity contribution is 5.83. The first-order chi connectivity index (χ1) is 10.2. The molecule has 1 fully saturated rings. The van der Waals surface area contributed by atoms with Gasteiger partial charge in [-0.2, -0.15) is 5.26 Å². The van der Waals surface area contributed by atoms with Crippen LogP contribution >= 0.6 is 0 Å². The van der Waals surface area contributed by atoms with Crippen molar-refractivity contribution in [3.63, 3.8) is 0 Å². The molecule has 1 atom stereocenters. The second kappa shape index (κ2) is 5.61. The Bertz CT molecular complexity index is 710. The first-order valence-corrected chi connectivity index (χ1v) is 7.49. The van der Waals surface area contributed by atoms with E-state index in [9.17, 15) is 10.1 Å². The number of nitriles is 1. The number of likely N-dealkylation sites (tertiary alicyclic amines) is 1. The van der Waals surface area contributed by atoms with Gasteiger partial charge in [0, 0.05) is 18.4 Å². The summed E-state index contributed by atoms with van der Waals surface area (Å²) in [7, 11) is 0. The number of hydrogen-bond acceptors (Lipinski definition) is 2. The number of aromatic nitrogens is 1. The third-order valence-corrected chi connectivity index (χ3v) is 4.23. The van der Waals surface area contributed by atoms with E-state index in [-0.39, 0.29) is 5.91 Å². The highest BCUT2D eigenvalue weighted by atomic mass is 16.2. The zero-order chi connectivity index (χ0) is 14.8. The second-order valence-electron chi connectivity index (χ2n) is 5.74. The van der Waals surface area contributed by atoms with Crippen molar-refractivity contribution < 1.29 is 4.79 Å². The molecule has 1 unspecified atom stereocenters. The zero-order valence-electron chi connectivity index (χ0n) is 12.2. The van der Waals surface area contributed by atoms with Gasteiger partial charge in [-0.1, -0.05) is 31.5 Å². The van der Waals surface area contributed by atoms with Crippen LogP contribution in [0.2, 0.25) is 0 Å². The monoisotopic (exact) mass is 281 g/mol. The Balaban J connectivity index is 1.88. The van der Waals surface area contributed by atoms with Crippen molar-refractivity contribution in [2.75, 3.05) is 6.54 Å². The minimum Gasteiger partial charge on any atom is -0.324 e. The van der Waals surface area contributed by atoms with Gasteiger partial charge in [0.2, 0.25) is 5.91 Å². The standard InChI is InChI=1S/C17H19N3O/c1-2-5-13-8-17(21)19(11-13)12-20-15(10-18)9-14-6-3-4-7-16(14)20/h3-4,6-7,9,13H,2,5,8,11-12H2,1H3. The van der Waals surface area contributed by atoms with Crippen LogP contribution in [0.5, 0.6) is 0 Å². The summed E-state index contributed by atoms with van der Waals surface area (Å²) in [6, 6.07) is 12.1. The molecular formula is C17H19N3O. The van der Waals surface area contributed by atoms with Gasteiger partial charge in [0.1, 0.15) is 11.8 Å². The molecule has 1 saturated heterocycles. The number of hydrogen-bond donors (Lipinski definition) is 0. The van der Waals surface area contributed by atoms with Crippen molar-refractivity contribution in [3.05, 3.63) is 36.0 Å². The van der Waals surface area contributed by atoms with Crippen LogP contribution < -0.4 is 0 Å². The Morgan fingerprint density at radius 2 is 2.19 bits per heavy atom. The molecule has 108 valence electrons. The lowest BCUT2D eigenvalue weighted by atomic mass is 10.0. The molecule has 2 heterocycles. The molecule has 2 aromatic rings. The predicted octanol–water partition coefficient (Wildman–Crippen LogP) is 3.12. The number of rotatable bonds is 4. The summed E-state index contributed by atoms with van der Waals surface area (Å²) < 4.78 is 1.95. The lowest BCUT2D eigenvalue weighted by Crippen LogP contribution is -2.28. The molecule has 1 aliphatic rings. The Morgan fingerprint density at radius 3 is 2.95 bits per heavy atom. The van der Waals surface area contributed by atoms with Crippen molar-refractivity contribution in [1.82, 2.24) is 9.47 Å². The van der Waals surface area contributed by atoms with Crippen LogP contribution in [0.1, 0.15) is 31.9 Å². The third kappa shape index (κ3) is 2.52. The van der Waals surface area contributed by atoms with Gasteiger partial charge in [0.25, 0.3) is 0 Å². The fourth-order valence-corrected chi connectivity index (χ4v) is 3.22. The van der Waals surface area contributed by atoms with Gasteiger partial charge in [-0.3, -0.25) is 4.79 Å². The maximum Gasteiger partial charge on any atom is 0.224 e. The van der Waals surface area contributed by atoms with Crippen LogP contribution in [0, 0.1) is 17.2 Å². The van der Waals surface area contributed by atoms with Crippen LogP contribution in [-0.2, 0) is 11.5 Å². The number of carbonyl (C=O) groups excluding carboxylic acids is 1. The summed E-state index contributed by atoms with van der Waals surface area (Å²) in [5.41, 5.74) is 1.63. The SMILES string of the molecule is CCCC1CC(=O)N(Cn2c(C#N)cc3ccccc32)C1. The predicted molar refractivity (Wildman–Crippen MR) is 81.4 cm³/mol. The molecule has 0 bridgehead atoms. The molecule has 4 nitrogen and oxygen atoms in total. The van der Waals surface area contributed by atoms with Gasteiger partial charge in [-0.25, -0.2) is 0 Å². The van der Waals surface area contributed by atoms with E-state index in [1.807, 2.05) is 39.8 Å². The minimum atomic E-state index is 0.204. The molecule has 0 radical (unpaired) electrons. The summed E-state index contributed by atoms with van der Waals surface area (Å²) in [5.74, 6) is 0.671. The average Bonchev–Trinajstić information content (AvgIpc) is 3.01. The molecule has 0 N–H and O–H groups in total. The second-order valence-corrected chi connectivity index (χ2v) is 5.74. The Hall–Kier alpha value is -2.28. The minimum absolute atomic E-state index is 0.204. The molecule has 4 heteroatoms. The summed E-state index contributed by atoms with van der Waals surface area (Å²) in [6.07, 6.45) is 2.86. The van der Waals surface area contributed by atoms with Crippen LogP contribution in [0.25, 0.3) is 10.9 Å². The van der Waals surface area contributed by atoms with Gasteiger partial charge in [0.15, 0.2) is 0 Å². The largest absolute Gasteiger partial charge is 0.324 e. The maximum atomic E-state index is 12.2. The first kappa shape index (κ1) is 13.7. The molecular weight excluding hydrogens is 262 g/mol. The van der Waals surface area contributed by atoms with Gasteiger partial charge in [0.05, 0.1) is 12.2 Å². The number of carbonyl (C=O) groups is 1. The van der Waals surface area contributed by atoms with E-state index < -0.39 is 0 Å². The van der Waals surface area contributed by atoms with Gasteiger partial charge >= 0.3 is 0 Å². The molecule has 1 aliphatic heterocycles. The van der Waals surface area contributed by atoms with Crippen LogP contribution in [0.4, 0.5) is 0 Å². The topological polar surface area (TPSA) is 49.0 Å². The molecule has 0 saturated carbocycles. The van der Waals surface area contributed by atoms with Gasteiger partial charge < -0.3 is 9.47 Å². The van der Waals surface area contributed by atoms with Crippen molar-refractivity contribution >= 4 is 16.8 Å². The molecule has 0 aliphatic carbocycles. The smallest absolute Gasteiger partial charge is 0.224 e. The Labute approximate surface area is 124 Å². The van der Waals surface area contributed by atoms with Crippen LogP contribution in [-0.4, -0.2) is 21.9 Å². The highest BCUT2D eigenvalue weighted by Crippen LogP contribution is 2.25. The molecule has 1 aromatic carbocycles. The van der Waals surface area contributed by atoms with Crippen molar-refractivity contribution in [3.8, 4) is 6.07 Å². The van der Waals surface area contributed by atoms with Crippen LogP contribution in [0.15, 0.2) is 30.3 Å². The van der Waals surface area contributed by atoms with Gasteiger partial charge in [-0.05, 0) is 24.5 Å². The van der Waals surface area contributed by atoms with E-state index in [4.69, 9.17) is 0 Å². The number of fused-ring (bicyclic) bond motifs is 1. The summed E-state index contributed by atoms with van der Waals surface area (Å²) >= 11 is 0. The Morgan fingerprint density at radius 1 is 1.38 bits per heavy atom. The molecule has 1 amide bonds. The van der Waals surface area contributed by atoms with E-state index in [0.29, 0.717) is 24.7 Å². The van der Waals surface area contributed by atoms with Crippen LogP contribution in [0.3, 0.4) is 0 Å². The third-order valence-electron chi connectivity index (χ3n) is 4.23. The van der Waals surface area contributed by atoms with Gasteiger partial charge in [-0.15, -0.1) is 0 Å². The van der Waals surface area contributed by atoms with Crippen molar-refractivity contribution in [1.29, 1.82) is 5.26 Å². The van der Waals surface area contributed by atoms with E-state index in [2.05, 4.69) is 13.0 Å². The highest BCUT2D eigenvalue weighted by Gasteiger charge is 2.29. The number of nitrogens with zero attached hydrogens (tertiary/aromatic N) is 3. The van der Waals surface area contributed by atoms with Crippen molar-refractivity contribution in [2.45, 2.75) is 32.9 Å². The van der Waals surface area contributed by atoms with E-state index in [1.54, 1.807) is 0 Å². The lowest BCUT2D eigenvalue weighted by Gasteiger charge is -2.19. The van der Waals surface area contributed by atoms with E-state index >= 15 is 0 Å². The molecule has 1 aromatic heterocycles. The average molecular weight is 281 g/mol. The first-order valence-electron chi connectivity index (χ1n) is 7.49. The number of amides is 1. The maximum absolute atomic E-state index is 12.2. The fourth-order valence-electron chi connectivity index (χ4n) is 3.22. The summed E-state index contributed by atoms with van der Waals surface area (Å²) in [4.78, 5) is 14.0. The normalized spacial score (nSPS) is 18.4. The summed E-state index contributed by atoms with van der Waals surface area (Å²) in [5, 5.41) is 10.4. The lowest BCUT2D eigenvalue weighted by molar-refractivity contribution is -0.129. The zero-order valence-corrected chi connectivity index (χ0v) is 12.2. The number of para-hydroxylation sites is 1. The molecule has 3 rings (SSSR count). The fraction of sp³-hybridized carbons (Fsp3) is 0.412. The molecule has 0 spiro atoms. The van der Waals surface area contributed by atoms with E-state index in [1.165, 1.54) is 0 Å².